The van der Waals surface area contributed by atoms with Gasteiger partial charge in [0, 0.05) is 17.8 Å². The Labute approximate surface area is 119 Å². The lowest BCUT2D eigenvalue weighted by atomic mass is 9.97. The monoisotopic (exact) mass is 271 g/mol. The van der Waals surface area contributed by atoms with Gasteiger partial charge in [0.25, 0.3) is 0 Å². The van der Waals surface area contributed by atoms with Crippen molar-refractivity contribution in [2.24, 2.45) is 10.7 Å². The van der Waals surface area contributed by atoms with Gasteiger partial charge in [0.2, 0.25) is 0 Å². The number of hydrogen-bond acceptors (Lipinski definition) is 4. The summed E-state index contributed by atoms with van der Waals surface area (Å²) in [5.41, 5.74) is 8.88. The van der Waals surface area contributed by atoms with Crippen molar-refractivity contribution in [1.29, 1.82) is 0 Å². The van der Waals surface area contributed by atoms with Crippen molar-refractivity contribution in [3.05, 3.63) is 41.2 Å². The molecule has 106 valence electrons. The zero-order valence-electron chi connectivity index (χ0n) is 12.0. The van der Waals surface area contributed by atoms with Crippen molar-refractivity contribution in [1.82, 2.24) is 4.90 Å². The lowest BCUT2D eigenvalue weighted by Gasteiger charge is -2.27. The maximum atomic E-state index is 10.4. The highest BCUT2D eigenvalue weighted by molar-refractivity contribution is 5.90. The summed E-state index contributed by atoms with van der Waals surface area (Å²) in [6.07, 6.45) is 4.38. The molecule has 0 radical (unpaired) electrons. The Morgan fingerprint density at radius 2 is 2.10 bits per heavy atom. The largest absolute Gasteiger partial charge is 0.508 e. The van der Waals surface area contributed by atoms with Gasteiger partial charge in [-0.05, 0) is 50.4 Å². The second kappa shape index (κ2) is 4.94. The minimum Gasteiger partial charge on any atom is -0.508 e. The van der Waals surface area contributed by atoms with Crippen LogP contribution in [0.5, 0.6) is 5.75 Å². The fourth-order valence-electron chi connectivity index (χ4n) is 2.90. The molecule has 1 fully saturated rings. The van der Waals surface area contributed by atoms with Crippen LogP contribution in [-0.4, -0.2) is 29.3 Å². The predicted octanol–water partition coefficient (Wildman–Crippen LogP) is 2.52. The molecule has 1 atom stereocenters. The summed E-state index contributed by atoms with van der Waals surface area (Å²) in [6, 6.07) is 6.05. The number of phenolic OH excluding ortho intramolecular Hbond substituents is 1. The molecule has 1 aliphatic heterocycles. The summed E-state index contributed by atoms with van der Waals surface area (Å²) in [4.78, 5) is 6.54. The molecule has 1 aliphatic carbocycles. The first-order chi connectivity index (χ1) is 9.56. The number of hydrogen-bond donors (Lipinski definition) is 2. The van der Waals surface area contributed by atoms with Gasteiger partial charge in [-0.15, -0.1) is 0 Å². The van der Waals surface area contributed by atoms with E-state index >= 15 is 0 Å². The Morgan fingerprint density at radius 1 is 1.35 bits per heavy atom. The van der Waals surface area contributed by atoms with Crippen LogP contribution in [0, 0.1) is 0 Å². The van der Waals surface area contributed by atoms with Crippen LogP contribution in [0.1, 0.15) is 42.9 Å². The van der Waals surface area contributed by atoms with Crippen molar-refractivity contribution in [3.63, 3.8) is 0 Å². The average Bonchev–Trinajstić information content (AvgIpc) is 3.22. The quantitative estimate of drug-likeness (QED) is 0.869. The van der Waals surface area contributed by atoms with Gasteiger partial charge in [0.05, 0.1) is 6.04 Å². The zero-order chi connectivity index (χ0) is 14.3. The molecular formula is C16H21N3O. The molecule has 0 aromatic heterocycles. The Hall–Kier alpha value is -1.81. The normalized spacial score (nSPS) is 24.0. The molecule has 0 spiro atoms. The van der Waals surface area contributed by atoms with Crippen LogP contribution < -0.4 is 5.73 Å². The third kappa shape index (κ3) is 2.43. The summed E-state index contributed by atoms with van der Waals surface area (Å²) in [5.74, 6) is 1.56. The standard InChI is InChI=1S/C16H21N3O/c1-10-16(19(2)8-7-15(17)18-10)13-6-5-12(9-14(13)20)11-3-4-11/h5-7,9,11,16,20H,3-4,8,17H2,1-2H3. The number of nitrogens with zero attached hydrogens (tertiary/aromatic N) is 2. The second-order valence-electron chi connectivity index (χ2n) is 5.82. The van der Waals surface area contributed by atoms with Gasteiger partial charge in [-0.3, -0.25) is 4.90 Å². The van der Waals surface area contributed by atoms with Crippen molar-refractivity contribution >= 4 is 5.71 Å². The lowest BCUT2D eigenvalue weighted by Crippen LogP contribution is -2.29. The summed E-state index contributed by atoms with van der Waals surface area (Å²) >= 11 is 0. The molecule has 1 saturated carbocycles. The second-order valence-corrected chi connectivity index (χ2v) is 5.82. The van der Waals surface area contributed by atoms with Crippen LogP contribution in [-0.2, 0) is 0 Å². The topological polar surface area (TPSA) is 61.8 Å². The minimum atomic E-state index is -0.0273. The van der Waals surface area contributed by atoms with Gasteiger partial charge in [0.1, 0.15) is 11.6 Å². The fraction of sp³-hybridized carbons (Fsp3) is 0.438. The van der Waals surface area contributed by atoms with E-state index < -0.39 is 0 Å². The summed E-state index contributed by atoms with van der Waals surface area (Å²) < 4.78 is 0. The molecule has 20 heavy (non-hydrogen) atoms. The predicted molar refractivity (Wildman–Crippen MR) is 80.8 cm³/mol. The fourth-order valence-corrected chi connectivity index (χ4v) is 2.90. The molecule has 1 aromatic carbocycles. The molecule has 1 aromatic rings. The summed E-state index contributed by atoms with van der Waals surface area (Å²) in [6.45, 7) is 2.68. The molecule has 4 nitrogen and oxygen atoms in total. The highest BCUT2D eigenvalue weighted by atomic mass is 16.3. The summed E-state index contributed by atoms with van der Waals surface area (Å²) in [7, 11) is 2.02. The number of rotatable bonds is 2. The Kier molecular flexibility index (Phi) is 3.26. The Morgan fingerprint density at radius 3 is 2.75 bits per heavy atom. The number of nitrogens with two attached hydrogens (primary N) is 1. The van der Waals surface area contributed by atoms with E-state index in [4.69, 9.17) is 5.73 Å². The van der Waals surface area contributed by atoms with Crippen LogP contribution >= 0.6 is 0 Å². The van der Waals surface area contributed by atoms with Crippen molar-refractivity contribution in [3.8, 4) is 5.75 Å². The van der Waals surface area contributed by atoms with E-state index in [0.29, 0.717) is 17.5 Å². The third-order valence-corrected chi connectivity index (χ3v) is 4.13. The minimum absolute atomic E-state index is 0.0273. The van der Waals surface area contributed by atoms with Gasteiger partial charge in [-0.2, -0.15) is 0 Å². The van der Waals surface area contributed by atoms with E-state index in [1.807, 2.05) is 32.2 Å². The van der Waals surface area contributed by atoms with E-state index in [1.54, 1.807) is 0 Å². The van der Waals surface area contributed by atoms with Crippen molar-refractivity contribution in [2.45, 2.75) is 31.7 Å². The first kappa shape index (κ1) is 13.2. The average molecular weight is 271 g/mol. The molecule has 0 amide bonds. The molecule has 2 aliphatic rings. The maximum Gasteiger partial charge on any atom is 0.121 e. The van der Waals surface area contributed by atoms with Crippen LogP contribution in [0.4, 0.5) is 0 Å². The molecule has 3 N–H and O–H groups in total. The van der Waals surface area contributed by atoms with Crippen molar-refractivity contribution in [2.75, 3.05) is 13.6 Å². The van der Waals surface area contributed by atoms with Gasteiger partial charge in [-0.1, -0.05) is 12.1 Å². The first-order valence-electron chi connectivity index (χ1n) is 7.10. The van der Waals surface area contributed by atoms with E-state index in [2.05, 4.69) is 16.0 Å². The molecule has 4 heteroatoms. The van der Waals surface area contributed by atoms with Gasteiger partial charge in [0.15, 0.2) is 0 Å². The molecule has 1 heterocycles. The Bertz CT molecular complexity index is 587. The number of aliphatic imine (C=N–C) groups is 1. The van der Waals surface area contributed by atoms with Crippen LogP contribution in [0.3, 0.4) is 0 Å². The lowest BCUT2D eigenvalue weighted by molar-refractivity contribution is 0.326. The SMILES string of the molecule is CC1=NC(N)=CCN(C)C1c1ccc(C2CC2)cc1O. The first-order valence-corrected chi connectivity index (χ1v) is 7.10. The smallest absolute Gasteiger partial charge is 0.121 e. The van der Waals surface area contributed by atoms with Crippen LogP contribution in [0.15, 0.2) is 35.1 Å². The van der Waals surface area contributed by atoms with Crippen molar-refractivity contribution < 1.29 is 5.11 Å². The third-order valence-electron chi connectivity index (χ3n) is 4.13. The number of benzene rings is 1. The Balaban J connectivity index is 1.96. The molecular weight excluding hydrogens is 250 g/mol. The number of aromatic hydroxyl groups is 1. The van der Waals surface area contributed by atoms with Crippen LogP contribution in [0.2, 0.25) is 0 Å². The molecule has 0 saturated heterocycles. The number of phenols is 1. The van der Waals surface area contributed by atoms with Gasteiger partial charge >= 0.3 is 0 Å². The highest BCUT2D eigenvalue weighted by Gasteiger charge is 2.27. The van der Waals surface area contributed by atoms with E-state index in [-0.39, 0.29) is 6.04 Å². The zero-order valence-corrected chi connectivity index (χ0v) is 12.0. The van der Waals surface area contributed by atoms with E-state index in [1.165, 1.54) is 18.4 Å². The van der Waals surface area contributed by atoms with E-state index in [9.17, 15) is 5.11 Å². The number of likely N-dealkylation sites (N-methyl/N-ethyl adjacent to an activating group) is 1. The van der Waals surface area contributed by atoms with Gasteiger partial charge in [-0.25, -0.2) is 4.99 Å². The molecule has 3 rings (SSSR count). The molecule has 1 unspecified atom stereocenters. The maximum absolute atomic E-state index is 10.4. The summed E-state index contributed by atoms with van der Waals surface area (Å²) in [5, 5.41) is 10.4. The van der Waals surface area contributed by atoms with E-state index in [0.717, 1.165) is 17.8 Å². The van der Waals surface area contributed by atoms with Gasteiger partial charge < -0.3 is 10.8 Å². The van der Waals surface area contributed by atoms with Crippen LogP contribution in [0.25, 0.3) is 0 Å². The molecule has 0 bridgehead atoms. The highest BCUT2D eigenvalue weighted by Crippen LogP contribution is 2.42.